The number of carbonyl (C=O) groups excluding carboxylic acids is 3. The Morgan fingerprint density at radius 3 is 2.27 bits per heavy atom. The zero-order valence-corrected chi connectivity index (χ0v) is 17.4. The Balaban J connectivity index is 0.00000101. The standard InChI is InChI=1S/C21H21NO5.C2H6O/c1-3-27-19(24)13-22-17-7-5-4-6-16(17)21(26,20(22)25)12-18(23)15-10-8-14(2)9-11-15;1-2-3/h4-11,26H,3,12-13H2,1-2H3;3H,2H2,1H3. The second-order valence-electron chi connectivity index (χ2n) is 6.86. The van der Waals surface area contributed by atoms with Gasteiger partial charge in [-0.25, -0.2) is 0 Å². The number of benzene rings is 2. The van der Waals surface area contributed by atoms with E-state index in [1.54, 1.807) is 62.4 Å². The first-order valence-electron chi connectivity index (χ1n) is 9.78. The van der Waals surface area contributed by atoms with Crippen LogP contribution in [-0.4, -0.2) is 47.6 Å². The van der Waals surface area contributed by atoms with Crippen LogP contribution in [0.3, 0.4) is 0 Å². The van der Waals surface area contributed by atoms with Crippen LogP contribution in [0, 0.1) is 6.92 Å². The number of fused-ring (bicyclic) bond motifs is 1. The monoisotopic (exact) mass is 413 g/mol. The van der Waals surface area contributed by atoms with Gasteiger partial charge in [-0.1, -0.05) is 48.0 Å². The summed E-state index contributed by atoms with van der Waals surface area (Å²) in [7, 11) is 0. The maximum atomic E-state index is 13.0. The number of ketones is 1. The summed E-state index contributed by atoms with van der Waals surface area (Å²) < 4.78 is 4.92. The maximum Gasteiger partial charge on any atom is 0.326 e. The van der Waals surface area contributed by atoms with Gasteiger partial charge in [0.25, 0.3) is 5.91 Å². The van der Waals surface area contributed by atoms with Crippen molar-refractivity contribution in [1.29, 1.82) is 0 Å². The molecule has 0 saturated heterocycles. The molecule has 2 aromatic carbocycles. The molecule has 3 rings (SSSR count). The number of para-hydroxylation sites is 1. The minimum atomic E-state index is -2.01. The molecule has 2 N–H and O–H groups in total. The number of hydrogen-bond donors (Lipinski definition) is 2. The zero-order chi connectivity index (χ0) is 22.3. The van der Waals surface area contributed by atoms with E-state index < -0.39 is 23.9 Å². The zero-order valence-electron chi connectivity index (χ0n) is 17.4. The largest absolute Gasteiger partial charge is 0.465 e. The number of hydrogen-bond acceptors (Lipinski definition) is 6. The first-order chi connectivity index (χ1) is 14.3. The van der Waals surface area contributed by atoms with Gasteiger partial charge in [-0.2, -0.15) is 0 Å². The highest BCUT2D eigenvalue weighted by Crippen LogP contribution is 2.42. The van der Waals surface area contributed by atoms with Gasteiger partial charge < -0.3 is 14.9 Å². The van der Waals surface area contributed by atoms with Gasteiger partial charge in [0.15, 0.2) is 11.4 Å². The van der Waals surface area contributed by atoms with Gasteiger partial charge in [-0.15, -0.1) is 0 Å². The Labute approximate surface area is 175 Å². The molecule has 0 spiro atoms. The van der Waals surface area contributed by atoms with Crippen molar-refractivity contribution in [3.05, 3.63) is 65.2 Å². The van der Waals surface area contributed by atoms with Gasteiger partial charge >= 0.3 is 5.97 Å². The Kier molecular flexibility index (Phi) is 7.86. The van der Waals surface area contributed by atoms with Crippen LogP contribution in [0.2, 0.25) is 0 Å². The van der Waals surface area contributed by atoms with Gasteiger partial charge in [0.2, 0.25) is 0 Å². The lowest BCUT2D eigenvalue weighted by Gasteiger charge is -2.22. The molecule has 1 amide bonds. The van der Waals surface area contributed by atoms with Crippen molar-refractivity contribution in [3.63, 3.8) is 0 Å². The van der Waals surface area contributed by atoms with E-state index in [9.17, 15) is 19.5 Å². The van der Waals surface area contributed by atoms with Gasteiger partial charge in [0.1, 0.15) is 6.54 Å². The van der Waals surface area contributed by atoms with Crippen LogP contribution < -0.4 is 4.90 Å². The van der Waals surface area contributed by atoms with Crippen molar-refractivity contribution >= 4 is 23.3 Å². The summed E-state index contributed by atoms with van der Waals surface area (Å²) >= 11 is 0. The number of rotatable bonds is 6. The molecule has 7 nitrogen and oxygen atoms in total. The normalized spacial score (nSPS) is 17.1. The molecule has 2 aromatic rings. The van der Waals surface area contributed by atoms with Crippen LogP contribution >= 0.6 is 0 Å². The highest BCUT2D eigenvalue weighted by Gasteiger charge is 2.51. The second kappa shape index (κ2) is 10.1. The highest BCUT2D eigenvalue weighted by molar-refractivity contribution is 6.12. The molecule has 1 unspecified atom stereocenters. The molecule has 1 heterocycles. The number of aliphatic hydroxyl groups excluding tert-OH is 1. The van der Waals surface area contributed by atoms with E-state index in [-0.39, 0.29) is 25.5 Å². The molecule has 1 aliphatic rings. The SMILES string of the molecule is CCO.CCOC(=O)CN1C(=O)C(O)(CC(=O)c2ccc(C)cc2)c2ccccc21. The van der Waals surface area contributed by atoms with Gasteiger partial charge in [0, 0.05) is 17.7 Å². The van der Waals surface area contributed by atoms with Crippen molar-refractivity contribution in [2.75, 3.05) is 24.7 Å². The number of ether oxygens (including phenoxy) is 1. The molecule has 0 aliphatic carbocycles. The van der Waals surface area contributed by atoms with Crippen LogP contribution in [0.25, 0.3) is 0 Å². The van der Waals surface area contributed by atoms with E-state index in [1.165, 1.54) is 4.90 Å². The Morgan fingerprint density at radius 1 is 1.07 bits per heavy atom. The topological polar surface area (TPSA) is 104 Å². The minimum absolute atomic E-state index is 0.193. The number of Topliss-reactive ketones (excluding diaryl/α,β-unsaturated/α-hetero) is 1. The lowest BCUT2D eigenvalue weighted by atomic mass is 9.88. The predicted octanol–water partition coefficient (Wildman–Crippen LogP) is 2.36. The van der Waals surface area contributed by atoms with Gasteiger partial charge in [0.05, 0.1) is 18.7 Å². The Bertz CT molecular complexity index is 908. The lowest BCUT2D eigenvalue weighted by Crippen LogP contribution is -2.44. The van der Waals surface area contributed by atoms with Crippen LogP contribution in [0.15, 0.2) is 48.5 Å². The Morgan fingerprint density at radius 2 is 1.67 bits per heavy atom. The summed E-state index contributed by atoms with van der Waals surface area (Å²) in [5.41, 5.74) is 0.149. The van der Waals surface area contributed by atoms with Crippen molar-refractivity contribution in [2.45, 2.75) is 32.8 Å². The fourth-order valence-corrected chi connectivity index (χ4v) is 3.24. The van der Waals surface area contributed by atoms with Crippen molar-refractivity contribution < 1.29 is 29.3 Å². The van der Waals surface area contributed by atoms with E-state index in [1.807, 2.05) is 6.92 Å². The third-order valence-corrected chi connectivity index (χ3v) is 4.62. The molecule has 160 valence electrons. The first-order valence-corrected chi connectivity index (χ1v) is 9.78. The smallest absolute Gasteiger partial charge is 0.326 e. The van der Waals surface area contributed by atoms with Crippen molar-refractivity contribution in [1.82, 2.24) is 0 Å². The molecule has 1 atom stereocenters. The van der Waals surface area contributed by atoms with Gasteiger partial charge in [-0.05, 0) is 26.8 Å². The highest BCUT2D eigenvalue weighted by atomic mass is 16.5. The molecule has 7 heteroatoms. The van der Waals surface area contributed by atoms with E-state index in [0.29, 0.717) is 16.8 Å². The molecule has 1 aliphatic heterocycles. The second-order valence-corrected chi connectivity index (χ2v) is 6.86. The number of nitrogens with zero attached hydrogens (tertiary/aromatic N) is 1. The molecule has 0 aromatic heterocycles. The van der Waals surface area contributed by atoms with E-state index >= 15 is 0 Å². The third kappa shape index (κ3) is 4.93. The minimum Gasteiger partial charge on any atom is -0.465 e. The quantitative estimate of drug-likeness (QED) is 0.557. The fraction of sp³-hybridized carbons (Fsp3) is 0.348. The molecule has 0 radical (unpaired) electrons. The molecule has 0 fully saturated rings. The molecule has 30 heavy (non-hydrogen) atoms. The van der Waals surface area contributed by atoms with Gasteiger partial charge in [-0.3, -0.25) is 19.3 Å². The molecular weight excluding hydrogens is 386 g/mol. The summed E-state index contributed by atoms with van der Waals surface area (Å²) in [5, 5.41) is 18.7. The average Bonchev–Trinajstić information content (AvgIpc) is 2.91. The average molecular weight is 413 g/mol. The number of aliphatic hydroxyl groups is 2. The van der Waals surface area contributed by atoms with Crippen molar-refractivity contribution in [3.8, 4) is 0 Å². The summed E-state index contributed by atoms with van der Waals surface area (Å²) in [4.78, 5) is 38.7. The van der Waals surface area contributed by atoms with E-state index in [4.69, 9.17) is 9.84 Å². The lowest BCUT2D eigenvalue weighted by molar-refractivity contribution is -0.144. The summed E-state index contributed by atoms with van der Waals surface area (Å²) in [6.07, 6.45) is -0.398. The summed E-state index contributed by atoms with van der Waals surface area (Å²) in [5.74, 6) is -1.62. The third-order valence-electron chi connectivity index (χ3n) is 4.62. The molecule has 0 bridgehead atoms. The van der Waals surface area contributed by atoms with Crippen LogP contribution in [0.4, 0.5) is 5.69 Å². The van der Waals surface area contributed by atoms with Crippen molar-refractivity contribution in [2.24, 2.45) is 0 Å². The summed E-state index contributed by atoms with van der Waals surface area (Å²) in [6.45, 7) is 5.39. The predicted molar refractivity (Wildman–Crippen MR) is 112 cm³/mol. The maximum absolute atomic E-state index is 13.0. The molecule has 0 saturated carbocycles. The number of anilines is 1. The van der Waals surface area contributed by atoms with E-state index in [0.717, 1.165) is 5.56 Å². The van der Waals surface area contributed by atoms with Crippen LogP contribution in [0.1, 0.15) is 41.8 Å². The van der Waals surface area contributed by atoms with Crippen LogP contribution in [-0.2, 0) is 19.9 Å². The van der Waals surface area contributed by atoms with E-state index in [2.05, 4.69) is 0 Å². The fourth-order valence-electron chi connectivity index (χ4n) is 3.24. The number of aryl methyl sites for hydroxylation is 1. The first kappa shape index (κ1) is 23.3. The Hall–Kier alpha value is -3.03. The number of esters is 1. The number of carbonyl (C=O) groups is 3. The summed E-state index contributed by atoms with van der Waals surface area (Å²) in [6, 6.07) is 13.6. The molecular formula is C23H27NO6. The number of amides is 1. The van der Waals surface area contributed by atoms with Crippen LogP contribution in [0.5, 0.6) is 0 Å².